The molecule has 1 saturated heterocycles. The second kappa shape index (κ2) is 7.14. The van der Waals surface area contributed by atoms with Crippen molar-refractivity contribution in [3.63, 3.8) is 0 Å². The smallest absolute Gasteiger partial charge is 0.128 e. The monoisotopic (exact) mass is 292 g/mol. The van der Waals surface area contributed by atoms with Crippen LogP contribution < -0.4 is 5.73 Å². The van der Waals surface area contributed by atoms with Crippen LogP contribution in [-0.2, 0) is 4.74 Å². The van der Waals surface area contributed by atoms with Crippen LogP contribution in [0.3, 0.4) is 0 Å². The van der Waals surface area contributed by atoms with Gasteiger partial charge in [-0.1, -0.05) is 0 Å². The van der Waals surface area contributed by atoms with Gasteiger partial charge in [-0.3, -0.25) is 4.90 Å². The Morgan fingerprint density at radius 3 is 2.89 bits per heavy atom. The number of nitrogens with zero attached hydrogens (tertiary/aromatic N) is 1. The van der Waals surface area contributed by atoms with E-state index in [1.807, 2.05) is 6.92 Å². The molecule has 0 amide bonds. The standard InChI is InChI=1S/C13H18F2N2O.ClH/c1-9(12-6-10(14)2-3-13(12)15)17-4-5-18-11(7-16)8-17;/h2-3,6,9,11H,4-5,7-8,16H2,1H3;1H. The zero-order valence-corrected chi connectivity index (χ0v) is 11.6. The quantitative estimate of drug-likeness (QED) is 0.927. The molecule has 3 nitrogen and oxygen atoms in total. The maximum atomic E-state index is 13.7. The highest BCUT2D eigenvalue weighted by Gasteiger charge is 2.25. The number of ether oxygens (including phenoxy) is 1. The Balaban J connectivity index is 0.00000180. The highest BCUT2D eigenvalue weighted by atomic mass is 35.5. The molecule has 2 N–H and O–H groups in total. The van der Waals surface area contributed by atoms with Gasteiger partial charge in [0.15, 0.2) is 0 Å². The molecule has 1 aromatic carbocycles. The Hall–Kier alpha value is -0.750. The first-order chi connectivity index (χ1) is 8.61. The molecule has 1 heterocycles. The van der Waals surface area contributed by atoms with Crippen LogP contribution in [0.1, 0.15) is 18.5 Å². The Labute approximate surface area is 118 Å². The van der Waals surface area contributed by atoms with E-state index in [2.05, 4.69) is 4.90 Å². The highest BCUT2D eigenvalue weighted by Crippen LogP contribution is 2.25. The highest BCUT2D eigenvalue weighted by molar-refractivity contribution is 5.85. The second-order valence-electron chi connectivity index (χ2n) is 4.57. The Morgan fingerprint density at radius 1 is 1.47 bits per heavy atom. The predicted octanol–water partition coefficient (Wildman–Crippen LogP) is 2.11. The molecule has 0 spiro atoms. The molecule has 0 saturated carbocycles. The lowest BCUT2D eigenvalue weighted by molar-refractivity contribution is -0.0368. The topological polar surface area (TPSA) is 38.5 Å². The van der Waals surface area contributed by atoms with Gasteiger partial charge in [0, 0.05) is 31.2 Å². The number of rotatable bonds is 3. The number of hydrogen-bond donors (Lipinski definition) is 1. The zero-order chi connectivity index (χ0) is 13.1. The van der Waals surface area contributed by atoms with Crippen molar-refractivity contribution in [1.82, 2.24) is 4.90 Å². The van der Waals surface area contributed by atoms with Crippen molar-refractivity contribution in [3.8, 4) is 0 Å². The second-order valence-corrected chi connectivity index (χ2v) is 4.57. The van der Waals surface area contributed by atoms with Crippen LogP contribution in [0.15, 0.2) is 18.2 Å². The van der Waals surface area contributed by atoms with Crippen molar-refractivity contribution in [2.24, 2.45) is 5.73 Å². The number of morpholine rings is 1. The normalized spacial score (nSPS) is 21.8. The summed E-state index contributed by atoms with van der Waals surface area (Å²) >= 11 is 0. The van der Waals surface area contributed by atoms with E-state index in [1.165, 1.54) is 12.1 Å². The van der Waals surface area contributed by atoms with Gasteiger partial charge in [0.2, 0.25) is 0 Å². The first kappa shape index (κ1) is 16.3. The average Bonchev–Trinajstić information content (AvgIpc) is 2.41. The van der Waals surface area contributed by atoms with Crippen molar-refractivity contribution in [3.05, 3.63) is 35.4 Å². The Kier molecular flexibility index (Phi) is 6.13. The van der Waals surface area contributed by atoms with E-state index < -0.39 is 5.82 Å². The first-order valence-corrected chi connectivity index (χ1v) is 6.12. The van der Waals surface area contributed by atoms with Crippen LogP contribution in [0.25, 0.3) is 0 Å². The molecule has 1 aliphatic rings. The molecule has 0 bridgehead atoms. The molecule has 2 atom stereocenters. The van der Waals surface area contributed by atoms with E-state index in [0.717, 1.165) is 6.07 Å². The summed E-state index contributed by atoms with van der Waals surface area (Å²) in [7, 11) is 0. The van der Waals surface area contributed by atoms with Crippen molar-refractivity contribution >= 4 is 12.4 Å². The third kappa shape index (κ3) is 3.86. The van der Waals surface area contributed by atoms with Crippen molar-refractivity contribution in [1.29, 1.82) is 0 Å². The molecule has 1 fully saturated rings. The van der Waals surface area contributed by atoms with E-state index in [9.17, 15) is 8.78 Å². The van der Waals surface area contributed by atoms with E-state index in [0.29, 0.717) is 31.8 Å². The summed E-state index contributed by atoms with van der Waals surface area (Å²) in [5.41, 5.74) is 5.95. The summed E-state index contributed by atoms with van der Waals surface area (Å²) in [4.78, 5) is 2.07. The molecule has 2 unspecified atom stereocenters. The van der Waals surface area contributed by atoms with Gasteiger partial charge < -0.3 is 10.5 Å². The molecule has 2 rings (SSSR count). The molecular formula is C13H19ClF2N2O. The van der Waals surface area contributed by atoms with Gasteiger partial charge in [-0.15, -0.1) is 12.4 Å². The van der Waals surface area contributed by atoms with Crippen LogP contribution in [0.4, 0.5) is 8.78 Å². The molecule has 0 aliphatic carbocycles. The Bertz CT molecular complexity index is 420. The van der Waals surface area contributed by atoms with Crippen LogP contribution >= 0.6 is 12.4 Å². The molecule has 0 aromatic heterocycles. The van der Waals surface area contributed by atoms with Crippen LogP contribution in [0, 0.1) is 11.6 Å². The van der Waals surface area contributed by atoms with Gasteiger partial charge in [0.25, 0.3) is 0 Å². The summed E-state index contributed by atoms with van der Waals surface area (Å²) in [6.45, 7) is 4.23. The van der Waals surface area contributed by atoms with Gasteiger partial charge in [-0.05, 0) is 25.1 Å². The molecular weight excluding hydrogens is 274 g/mol. The largest absolute Gasteiger partial charge is 0.374 e. The summed E-state index contributed by atoms with van der Waals surface area (Å²) in [5, 5.41) is 0. The van der Waals surface area contributed by atoms with Gasteiger partial charge >= 0.3 is 0 Å². The molecule has 19 heavy (non-hydrogen) atoms. The number of halogens is 3. The first-order valence-electron chi connectivity index (χ1n) is 6.12. The fraction of sp³-hybridized carbons (Fsp3) is 0.538. The SMILES string of the molecule is CC(c1cc(F)ccc1F)N1CCOC(CN)C1.Cl. The molecule has 1 aliphatic heterocycles. The minimum absolute atomic E-state index is 0. The number of nitrogens with two attached hydrogens (primary N) is 1. The maximum absolute atomic E-state index is 13.7. The van der Waals surface area contributed by atoms with Crippen molar-refractivity contribution in [2.75, 3.05) is 26.2 Å². The minimum Gasteiger partial charge on any atom is -0.374 e. The predicted molar refractivity (Wildman–Crippen MR) is 72.4 cm³/mol. The van der Waals surface area contributed by atoms with Crippen LogP contribution in [-0.4, -0.2) is 37.2 Å². The summed E-state index contributed by atoms with van der Waals surface area (Å²) in [5.74, 6) is -0.790. The van der Waals surface area contributed by atoms with Crippen molar-refractivity contribution in [2.45, 2.75) is 19.1 Å². The van der Waals surface area contributed by atoms with Crippen molar-refractivity contribution < 1.29 is 13.5 Å². The van der Waals surface area contributed by atoms with Crippen LogP contribution in [0.2, 0.25) is 0 Å². The number of benzene rings is 1. The third-order valence-electron chi connectivity index (χ3n) is 3.39. The average molecular weight is 293 g/mol. The third-order valence-corrected chi connectivity index (χ3v) is 3.39. The zero-order valence-electron chi connectivity index (χ0n) is 10.8. The van der Waals surface area contributed by atoms with Gasteiger partial charge in [-0.25, -0.2) is 8.78 Å². The minimum atomic E-state index is -0.415. The molecule has 1 aromatic rings. The van der Waals surface area contributed by atoms with E-state index in [4.69, 9.17) is 10.5 Å². The van der Waals surface area contributed by atoms with Gasteiger partial charge in [0.1, 0.15) is 11.6 Å². The molecule has 0 radical (unpaired) electrons. The maximum Gasteiger partial charge on any atom is 0.128 e. The summed E-state index contributed by atoms with van der Waals surface area (Å²) < 4.78 is 32.4. The van der Waals surface area contributed by atoms with E-state index >= 15 is 0 Å². The molecule has 6 heteroatoms. The van der Waals surface area contributed by atoms with Gasteiger partial charge in [0.05, 0.1) is 12.7 Å². The fourth-order valence-corrected chi connectivity index (χ4v) is 2.27. The number of hydrogen-bond acceptors (Lipinski definition) is 3. The Morgan fingerprint density at radius 2 is 2.21 bits per heavy atom. The van der Waals surface area contributed by atoms with E-state index in [-0.39, 0.29) is 30.4 Å². The van der Waals surface area contributed by atoms with Gasteiger partial charge in [-0.2, -0.15) is 0 Å². The molecule has 108 valence electrons. The summed E-state index contributed by atoms with van der Waals surface area (Å²) in [6, 6.07) is 3.38. The lowest BCUT2D eigenvalue weighted by atomic mass is 10.0. The van der Waals surface area contributed by atoms with Crippen LogP contribution in [0.5, 0.6) is 0 Å². The lowest BCUT2D eigenvalue weighted by Crippen LogP contribution is -2.46. The summed E-state index contributed by atoms with van der Waals surface area (Å²) in [6.07, 6.45) is -0.0298. The van der Waals surface area contributed by atoms with E-state index in [1.54, 1.807) is 0 Å². The lowest BCUT2D eigenvalue weighted by Gasteiger charge is -2.36. The fourth-order valence-electron chi connectivity index (χ4n) is 2.27.